The van der Waals surface area contributed by atoms with Crippen LogP contribution in [0.1, 0.15) is 23.2 Å². The molecule has 20 heavy (non-hydrogen) atoms. The van der Waals surface area contributed by atoms with Crippen molar-refractivity contribution in [2.24, 2.45) is 0 Å². The minimum Gasteiger partial charge on any atom is -0.359 e. The van der Waals surface area contributed by atoms with Crippen LogP contribution in [-0.2, 0) is 6.42 Å². The van der Waals surface area contributed by atoms with Gasteiger partial charge in [0, 0.05) is 30.3 Å². The quantitative estimate of drug-likeness (QED) is 0.747. The van der Waals surface area contributed by atoms with Gasteiger partial charge in [0.1, 0.15) is 11.7 Å². The molecule has 0 fully saturated rings. The van der Waals surface area contributed by atoms with Gasteiger partial charge in [-0.1, -0.05) is 35.5 Å². The van der Waals surface area contributed by atoms with E-state index in [0.717, 1.165) is 35.7 Å². The van der Waals surface area contributed by atoms with Gasteiger partial charge in [0.25, 0.3) is 0 Å². The smallest absolute Gasteiger partial charge is 0.160 e. The second-order valence-corrected chi connectivity index (χ2v) is 4.88. The van der Waals surface area contributed by atoms with E-state index < -0.39 is 0 Å². The molecular weight excluding hydrogens is 252 g/mol. The van der Waals surface area contributed by atoms with Gasteiger partial charge in [-0.05, 0) is 0 Å². The number of fused-ring (bicyclic) bond motifs is 1. The van der Waals surface area contributed by atoms with Gasteiger partial charge >= 0.3 is 0 Å². The molecule has 0 bridgehead atoms. The molecule has 0 saturated carbocycles. The van der Waals surface area contributed by atoms with Crippen LogP contribution in [0.4, 0.5) is 0 Å². The van der Waals surface area contributed by atoms with Crippen molar-refractivity contribution in [2.75, 3.05) is 6.54 Å². The van der Waals surface area contributed by atoms with E-state index in [1.807, 2.05) is 36.4 Å². The number of nitrogens with zero attached hydrogens (tertiary/aromatic N) is 2. The van der Waals surface area contributed by atoms with Crippen LogP contribution >= 0.6 is 0 Å². The molecule has 5 heteroatoms. The Kier molecular flexibility index (Phi) is 2.63. The average Bonchev–Trinajstić information content (AvgIpc) is 3.17. The van der Waals surface area contributed by atoms with E-state index in [-0.39, 0.29) is 6.04 Å². The molecule has 1 aliphatic heterocycles. The predicted octanol–water partition coefficient (Wildman–Crippen LogP) is 2.30. The van der Waals surface area contributed by atoms with E-state index in [0.29, 0.717) is 0 Å². The van der Waals surface area contributed by atoms with Gasteiger partial charge in [-0.25, -0.2) is 4.98 Å². The van der Waals surface area contributed by atoms with Crippen LogP contribution in [0.15, 0.2) is 47.2 Å². The molecule has 0 radical (unpaired) electrons. The van der Waals surface area contributed by atoms with Crippen LogP contribution in [0, 0.1) is 0 Å². The van der Waals surface area contributed by atoms with Gasteiger partial charge in [-0.15, -0.1) is 0 Å². The van der Waals surface area contributed by atoms with Gasteiger partial charge in [-0.3, -0.25) is 0 Å². The summed E-state index contributed by atoms with van der Waals surface area (Å²) < 4.78 is 5.52. The first-order chi connectivity index (χ1) is 9.92. The molecule has 2 N–H and O–H groups in total. The maximum atomic E-state index is 5.52. The number of hydrogen-bond donors (Lipinski definition) is 2. The fourth-order valence-electron chi connectivity index (χ4n) is 2.62. The van der Waals surface area contributed by atoms with Crippen molar-refractivity contribution < 1.29 is 4.52 Å². The van der Waals surface area contributed by atoms with Crippen LogP contribution in [0.5, 0.6) is 0 Å². The van der Waals surface area contributed by atoms with E-state index in [1.165, 1.54) is 5.69 Å². The molecule has 1 aliphatic rings. The lowest BCUT2D eigenvalue weighted by Gasteiger charge is -2.20. The Morgan fingerprint density at radius 2 is 2.10 bits per heavy atom. The summed E-state index contributed by atoms with van der Waals surface area (Å²) in [5.74, 6) is 0.803. The number of aromatic amines is 1. The van der Waals surface area contributed by atoms with Gasteiger partial charge in [0.05, 0.1) is 12.0 Å². The summed E-state index contributed by atoms with van der Waals surface area (Å²) in [4.78, 5) is 7.57. The van der Waals surface area contributed by atoms with Crippen LogP contribution in [0.2, 0.25) is 0 Å². The molecule has 0 aliphatic carbocycles. The Labute approximate surface area is 116 Å². The number of benzene rings is 1. The zero-order valence-corrected chi connectivity index (χ0v) is 10.8. The lowest BCUT2D eigenvalue weighted by atomic mass is 10.0. The molecule has 1 unspecified atom stereocenters. The average molecular weight is 266 g/mol. The largest absolute Gasteiger partial charge is 0.359 e. The number of imidazole rings is 1. The third-order valence-electron chi connectivity index (χ3n) is 3.63. The Bertz CT molecular complexity index is 716. The topological polar surface area (TPSA) is 66.7 Å². The van der Waals surface area contributed by atoms with E-state index in [4.69, 9.17) is 4.52 Å². The monoisotopic (exact) mass is 266 g/mol. The summed E-state index contributed by atoms with van der Waals surface area (Å²) in [6.07, 6.45) is 2.70. The molecule has 0 amide bonds. The standard InChI is InChI=1S/C15H14N4O/c1-2-4-10(5-3-1)12-8-13(20-19-12)15-14-11(6-7-16-15)17-9-18-14/h1-5,8-9,15-16H,6-7H2,(H,17,18). The van der Waals surface area contributed by atoms with Crippen molar-refractivity contribution >= 4 is 0 Å². The molecule has 3 heterocycles. The van der Waals surface area contributed by atoms with Gasteiger partial charge in [0.15, 0.2) is 5.76 Å². The third kappa shape index (κ3) is 1.83. The SMILES string of the molecule is c1ccc(-c2cc(C3NCCc4[nH]cnc43)on2)cc1. The molecule has 1 aromatic carbocycles. The first kappa shape index (κ1) is 11.4. The lowest BCUT2D eigenvalue weighted by Crippen LogP contribution is -2.30. The van der Waals surface area contributed by atoms with E-state index in [2.05, 4.69) is 20.4 Å². The summed E-state index contributed by atoms with van der Waals surface area (Å²) >= 11 is 0. The maximum Gasteiger partial charge on any atom is 0.160 e. The van der Waals surface area contributed by atoms with Crippen molar-refractivity contribution in [3.05, 3.63) is 59.9 Å². The summed E-state index contributed by atoms with van der Waals surface area (Å²) in [5.41, 5.74) is 4.09. The Balaban J connectivity index is 1.70. The zero-order valence-electron chi connectivity index (χ0n) is 10.8. The van der Waals surface area contributed by atoms with Crippen LogP contribution in [0.25, 0.3) is 11.3 Å². The molecule has 5 nitrogen and oxygen atoms in total. The number of hydrogen-bond acceptors (Lipinski definition) is 4. The van der Waals surface area contributed by atoms with Crippen molar-refractivity contribution in [1.82, 2.24) is 20.4 Å². The van der Waals surface area contributed by atoms with Crippen molar-refractivity contribution in [3.63, 3.8) is 0 Å². The second-order valence-electron chi connectivity index (χ2n) is 4.88. The minimum atomic E-state index is -0.0186. The molecule has 0 saturated heterocycles. The first-order valence-corrected chi connectivity index (χ1v) is 6.69. The summed E-state index contributed by atoms with van der Waals surface area (Å²) in [6, 6.07) is 12.0. The van der Waals surface area contributed by atoms with Crippen molar-refractivity contribution in [3.8, 4) is 11.3 Å². The number of rotatable bonds is 2. The van der Waals surface area contributed by atoms with Gasteiger partial charge in [-0.2, -0.15) is 0 Å². The number of aromatic nitrogens is 3. The Morgan fingerprint density at radius 3 is 3.00 bits per heavy atom. The van der Waals surface area contributed by atoms with Crippen molar-refractivity contribution in [2.45, 2.75) is 12.5 Å². The molecular formula is C15H14N4O. The molecule has 1 atom stereocenters. The van der Waals surface area contributed by atoms with E-state index in [1.54, 1.807) is 6.33 Å². The van der Waals surface area contributed by atoms with Gasteiger partial charge < -0.3 is 14.8 Å². The highest BCUT2D eigenvalue weighted by atomic mass is 16.5. The highest BCUT2D eigenvalue weighted by molar-refractivity contribution is 5.58. The molecule has 0 spiro atoms. The highest BCUT2D eigenvalue weighted by Gasteiger charge is 2.27. The molecule has 3 aromatic rings. The van der Waals surface area contributed by atoms with Crippen LogP contribution < -0.4 is 5.32 Å². The second kappa shape index (κ2) is 4.61. The normalized spacial score (nSPS) is 17.9. The van der Waals surface area contributed by atoms with E-state index in [9.17, 15) is 0 Å². The molecule has 4 rings (SSSR count). The predicted molar refractivity (Wildman–Crippen MR) is 74.1 cm³/mol. The van der Waals surface area contributed by atoms with E-state index >= 15 is 0 Å². The zero-order chi connectivity index (χ0) is 13.4. The minimum absolute atomic E-state index is 0.0186. The Morgan fingerprint density at radius 1 is 1.20 bits per heavy atom. The van der Waals surface area contributed by atoms with Crippen LogP contribution in [0.3, 0.4) is 0 Å². The number of H-pyrrole nitrogens is 1. The summed E-state index contributed by atoms with van der Waals surface area (Å²) in [7, 11) is 0. The highest BCUT2D eigenvalue weighted by Crippen LogP contribution is 2.29. The van der Waals surface area contributed by atoms with Gasteiger partial charge in [0.2, 0.25) is 0 Å². The number of nitrogens with one attached hydrogen (secondary N) is 2. The fraction of sp³-hybridized carbons (Fsp3) is 0.200. The lowest BCUT2D eigenvalue weighted by molar-refractivity contribution is 0.349. The summed E-state index contributed by atoms with van der Waals surface area (Å²) in [5, 5.41) is 7.59. The summed E-state index contributed by atoms with van der Waals surface area (Å²) in [6.45, 7) is 0.904. The first-order valence-electron chi connectivity index (χ1n) is 6.69. The van der Waals surface area contributed by atoms with Crippen molar-refractivity contribution in [1.29, 1.82) is 0 Å². The fourth-order valence-corrected chi connectivity index (χ4v) is 2.62. The molecule has 100 valence electrons. The van der Waals surface area contributed by atoms with Crippen LogP contribution in [-0.4, -0.2) is 21.7 Å². The molecule has 2 aromatic heterocycles. The Hall–Kier alpha value is -2.40. The maximum absolute atomic E-state index is 5.52. The third-order valence-corrected chi connectivity index (χ3v) is 3.63.